The SMILES string of the molecule is CCC(=O)CC(NC(=O)C(C)Cl)C(=O)O. The number of carboxylic acids is 1. The summed E-state index contributed by atoms with van der Waals surface area (Å²) in [6, 6.07) is -1.19. The van der Waals surface area contributed by atoms with Gasteiger partial charge in [0.2, 0.25) is 5.91 Å². The first-order valence-electron chi connectivity index (χ1n) is 4.57. The normalized spacial score (nSPS) is 14.1. The van der Waals surface area contributed by atoms with Gasteiger partial charge in [0.05, 0.1) is 0 Å². The molecule has 0 aromatic carbocycles. The van der Waals surface area contributed by atoms with Crippen LogP contribution in [0.4, 0.5) is 0 Å². The van der Waals surface area contributed by atoms with Crippen molar-refractivity contribution in [3.63, 3.8) is 0 Å². The second kappa shape index (κ2) is 6.40. The predicted molar refractivity (Wildman–Crippen MR) is 54.8 cm³/mol. The summed E-state index contributed by atoms with van der Waals surface area (Å²) < 4.78 is 0. The lowest BCUT2D eigenvalue weighted by Gasteiger charge is -2.14. The van der Waals surface area contributed by atoms with Crippen molar-refractivity contribution < 1.29 is 19.5 Å². The first-order valence-corrected chi connectivity index (χ1v) is 5.01. The molecule has 0 rings (SSSR count). The van der Waals surface area contributed by atoms with E-state index in [-0.39, 0.29) is 18.6 Å². The number of aliphatic carboxylic acids is 1. The maximum Gasteiger partial charge on any atom is 0.326 e. The number of hydrogen-bond donors (Lipinski definition) is 2. The molecule has 0 aliphatic heterocycles. The molecule has 6 heteroatoms. The lowest BCUT2D eigenvalue weighted by Crippen LogP contribution is -2.44. The minimum atomic E-state index is -1.23. The molecule has 2 unspecified atom stereocenters. The molecule has 0 heterocycles. The van der Waals surface area contributed by atoms with Crippen LogP contribution in [0.25, 0.3) is 0 Å². The van der Waals surface area contributed by atoms with E-state index in [1.807, 2.05) is 0 Å². The number of carbonyl (C=O) groups excluding carboxylic acids is 2. The fraction of sp³-hybridized carbons (Fsp3) is 0.667. The smallest absolute Gasteiger partial charge is 0.326 e. The topological polar surface area (TPSA) is 83.5 Å². The first kappa shape index (κ1) is 13.9. The zero-order valence-corrected chi connectivity index (χ0v) is 9.37. The number of rotatable bonds is 6. The summed E-state index contributed by atoms with van der Waals surface area (Å²) in [5, 5.41) is 10.1. The lowest BCUT2D eigenvalue weighted by molar-refractivity contribution is -0.143. The molecule has 0 fully saturated rings. The number of amides is 1. The highest BCUT2D eigenvalue weighted by Crippen LogP contribution is 2.00. The average molecular weight is 236 g/mol. The van der Waals surface area contributed by atoms with Crippen molar-refractivity contribution in [1.82, 2.24) is 5.32 Å². The molecule has 0 radical (unpaired) electrons. The Morgan fingerprint density at radius 3 is 2.27 bits per heavy atom. The van der Waals surface area contributed by atoms with Crippen LogP contribution in [0.1, 0.15) is 26.7 Å². The van der Waals surface area contributed by atoms with Gasteiger partial charge in [-0.25, -0.2) is 4.79 Å². The largest absolute Gasteiger partial charge is 0.480 e. The molecule has 1 amide bonds. The third-order valence-corrected chi connectivity index (χ3v) is 2.00. The maximum atomic E-state index is 11.1. The third-order valence-electron chi connectivity index (χ3n) is 1.80. The summed E-state index contributed by atoms with van der Waals surface area (Å²) >= 11 is 5.46. The number of Topliss-reactive ketones (excluding diaryl/α,β-unsaturated/α-hetero) is 1. The van der Waals surface area contributed by atoms with E-state index in [2.05, 4.69) is 5.32 Å². The van der Waals surface area contributed by atoms with Crippen LogP contribution in [0, 0.1) is 0 Å². The van der Waals surface area contributed by atoms with Crippen LogP contribution in [0.3, 0.4) is 0 Å². The van der Waals surface area contributed by atoms with Crippen molar-refractivity contribution in [3.8, 4) is 0 Å². The van der Waals surface area contributed by atoms with E-state index in [0.717, 1.165) is 0 Å². The molecule has 0 aliphatic carbocycles. The molecule has 0 saturated heterocycles. The van der Waals surface area contributed by atoms with Crippen molar-refractivity contribution in [2.24, 2.45) is 0 Å². The predicted octanol–water partition coefficient (Wildman–Crippen LogP) is 0.552. The molecule has 5 nitrogen and oxygen atoms in total. The number of carbonyl (C=O) groups is 3. The maximum absolute atomic E-state index is 11.1. The molecule has 0 spiro atoms. The molecular weight excluding hydrogens is 222 g/mol. The van der Waals surface area contributed by atoms with Gasteiger partial charge in [-0.05, 0) is 6.92 Å². The van der Waals surface area contributed by atoms with E-state index >= 15 is 0 Å². The van der Waals surface area contributed by atoms with Crippen LogP contribution in [0.2, 0.25) is 0 Å². The summed E-state index contributed by atoms with van der Waals surface area (Å²) in [4.78, 5) is 32.8. The molecular formula is C9H14ClNO4. The lowest BCUT2D eigenvalue weighted by atomic mass is 10.1. The first-order chi connectivity index (χ1) is 6.88. The summed E-state index contributed by atoms with van der Waals surface area (Å²) in [5.41, 5.74) is 0. The number of carboxylic acid groups (broad SMARTS) is 1. The standard InChI is InChI=1S/C9H14ClNO4/c1-3-6(12)4-7(9(14)15)11-8(13)5(2)10/h5,7H,3-4H2,1-2H3,(H,11,13)(H,14,15). The van der Waals surface area contributed by atoms with Crippen molar-refractivity contribution in [1.29, 1.82) is 0 Å². The highest BCUT2D eigenvalue weighted by molar-refractivity contribution is 6.30. The third kappa shape index (κ3) is 5.37. The Balaban J connectivity index is 4.35. The summed E-state index contributed by atoms with van der Waals surface area (Å²) in [7, 11) is 0. The van der Waals surface area contributed by atoms with E-state index < -0.39 is 23.3 Å². The Morgan fingerprint density at radius 1 is 1.40 bits per heavy atom. The fourth-order valence-electron chi connectivity index (χ4n) is 0.859. The Labute approximate surface area is 92.8 Å². The van der Waals surface area contributed by atoms with Gasteiger partial charge < -0.3 is 10.4 Å². The quantitative estimate of drug-likeness (QED) is 0.659. The van der Waals surface area contributed by atoms with Crippen LogP contribution in [-0.4, -0.2) is 34.2 Å². The van der Waals surface area contributed by atoms with Crippen LogP contribution < -0.4 is 5.32 Å². The minimum absolute atomic E-state index is 0.207. The van der Waals surface area contributed by atoms with E-state index in [0.29, 0.717) is 0 Å². The monoisotopic (exact) mass is 235 g/mol. The van der Waals surface area contributed by atoms with Crippen molar-refractivity contribution in [2.45, 2.75) is 38.1 Å². The minimum Gasteiger partial charge on any atom is -0.480 e. The van der Waals surface area contributed by atoms with E-state index in [1.165, 1.54) is 6.92 Å². The second-order valence-corrected chi connectivity index (χ2v) is 3.77. The number of ketones is 1. The van der Waals surface area contributed by atoms with Crippen LogP contribution in [0.5, 0.6) is 0 Å². The second-order valence-electron chi connectivity index (χ2n) is 3.11. The van der Waals surface area contributed by atoms with E-state index in [4.69, 9.17) is 16.7 Å². The summed E-state index contributed by atoms with van der Waals surface area (Å²) in [5.74, 6) is -2.04. The number of alkyl halides is 1. The molecule has 0 saturated carbocycles. The molecule has 15 heavy (non-hydrogen) atoms. The zero-order valence-electron chi connectivity index (χ0n) is 8.62. The van der Waals surface area contributed by atoms with Gasteiger partial charge in [0.1, 0.15) is 17.2 Å². The van der Waals surface area contributed by atoms with Gasteiger partial charge in [-0.3, -0.25) is 9.59 Å². The van der Waals surface area contributed by atoms with Gasteiger partial charge in [-0.15, -0.1) is 11.6 Å². The van der Waals surface area contributed by atoms with Crippen LogP contribution >= 0.6 is 11.6 Å². The molecule has 0 aromatic heterocycles. The Bertz CT molecular complexity index is 265. The highest BCUT2D eigenvalue weighted by atomic mass is 35.5. The van der Waals surface area contributed by atoms with Crippen molar-refractivity contribution in [2.75, 3.05) is 0 Å². The fourth-order valence-corrected chi connectivity index (χ4v) is 0.922. The Kier molecular flexibility index (Phi) is 5.93. The van der Waals surface area contributed by atoms with Gasteiger partial charge in [0, 0.05) is 12.8 Å². The van der Waals surface area contributed by atoms with E-state index in [9.17, 15) is 14.4 Å². The molecule has 2 atom stereocenters. The van der Waals surface area contributed by atoms with Crippen molar-refractivity contribution >= 4 is 29.3 Å². The summed E-state index contributed by atoms with van der Waals surface area (Å²) in [6.45, 7) is 3.06. The zero-order chi connectivity index (χ0) is 12.0. The van der Waals surface area contributed by atoms with Crippen molar-refractivity contribution in [3.05, 3.63) is 0 Å². The number of halogens is 1. The Hall–Kier alpha value is -1.10. The highest BCUT2D eigenvalue weighted by Gasteiger charge is 2.23. The van der Waals surface area contributed by atoms with Crippen LogP contribution in [0.15, 0.2) is 0 Å². The number of nitrogens with one attached hydrogen (secondary N) is 1. The molecule has 0 aliphatic rings. The van der Waals surface area contributed by atoms with Gasteiger partial charge >= 0.3 is 5.97 Å². The molecule has 0 aromatic rings. The van der Waals surface area contributed by atoms with Gasteiger partial charge in [0.15, 0.2) is 0 Å². The van der Waals surface area contributed by atoms with Gasteiger partial charge in [-0.2, -0.15) is 0 Å². The molecule has 0 bridgehead atoms. The molecule has 2 N–H and O–H groups in total. The number of hydrogen-bond acceptors (Lipinski definition) is 3. The van der Waals surface area contributed by atoms with Gasteiger partial charge in [0.25, 0.3) is 0 Å². The van der Waals surface area contributed by atoms with Crippen LogP contribution in [-0.2, 0) is 14.4 Å². The van der Waals surface area contributed by atoms with E-state index in [1.54, 1.807) is 6.92 Å². The average Bonchev–Trinajstić information content (AvgIpc) is 2.15. The van der Waals surface area contributed by atoms with Gasteiger partial charge in [-0.1, -0.05) is 6.92 Å². The summed E-state index contributed by atoms with van der Waals surface area (Å²) in [6.07, 6.45) is 0.0389. The Morgan fingerprint density at radius 2 is 1.93 bits per heavy atom. The molecule has 86 valence electrons.